The van der Waals surface area contributed by atoms with Gasteiger partial charge in [0.2, 0.25) is 0 Å². The summed E-state index contributed by atoms with van der Waals surface area (Å²) in [5, 5.41) is 4.21. The molecule has 0 N–H and O–H groups in total. The second-order valence-electron chi connectivity index (χ2n) is 6.83. The van der Waals surface area contributed by atoms with E-state index in [-0.39, 0.29) is 5.56 Å². The molecule has 7 nitrogen and oxygen atoms in total. The Hall–Kier alpha value is -2.54. The number of rotatable bonds is 4. The predicted molar refractivity (Wildman–Crippen MR) is 94.2 cm³/mol. The Labute approximate surface area is 145 Å². The van der Waals surface area contributed by atoms with Crippen LogP contribution >= 0.6 is 0 Å². The number of hydrogen-bond acceptors (Lipinski definition) is 5. The molecule has 1 aliphatic heterocycles. The molecule has 1 unspecified atom stereocenters. The summed E-state index contributed by atoms with van der Waals surface area (Å²) in [4.78, 5) is 23.5. The third-order valence-electron chi connectivity index (χ3n) is 4.84. The van der Waals surface area contributed by atoms with E-state index in [0.29, 0.717) is 12.5 Å². The molecule has 0 aliphatic carbocycles. The SMILES string of the molecule is Cc1cccn2c(=O)cc(CN3CCCC(Cn4cncn4)C3)nc12. The summed E-state index contributed by atoms with van der Waals surface area (Å²) in [5.41, 5.74) is 2.60. The van der Waals surface area contributed by atoms with Crippen molar-refractivity contribution in [3.05, 3.63) is 58.7 Å². The van der Waals surface area contributed by atoms with E-state index in [1.54, 1.807) is 29.3 Å². The normalized spacial score (nSPS) is 18.7. The minimum Gasteiger partial charge on any atom is -0.297 e. The smallest absolute Gasteiger partial charge is 0.258 e. The molecule has 7 heteroatoms. The number of nitrogens with zero attached hydrogens (tertiary/aromatic N) is 6. The summed E-state index contributed by atoms with van der Waals surface area (Å²) < 4.78 is 3.51. The number of aryl methyl sites for hydroxylation is 1. The number of piperidine rings is 1. The van der Waals surface area contributed by atoms with Gasteiger partial charge in [0, 0.05) is 31.9 Å². The summed E-state index contributed by atoms with van der Waals surface area (Å²) in [6.45, 7) is 5.63. The molecule has 0 radical (unpaired) electrons. The molecule has 0 aromatic carbocycles. The maximum atomic E-state index is 12.4. The van der Waals surface area contributed by atoms with E-state index in [0.717, 1.165) is 43.0 Å². The van der Waals surface area contributed by atoms with E-state index in [1.165, 1.54) is 6.42 Å². The number of hydrogen-bond donors (Lipinski definition) is 0. The topological polar surface area (TPSA) is 68.3 Å². The third kappa shape index (κ3) is 3.46. The fraction of sp³-hybridized carbons (Fsp3) is 0.444. The highest BCUT2D eigenvalue weighted by Crippen LogP contribution is 2.19. The van der Waals surface area contributed by atoms with Gasteiger partial charge in [0.25, 0.3) is 5.56 Å². The summed E-state index contributed by atoms with van der Waals surface area (Å²) in [6.07, 6.45) is 7.48. The van der Waals surface area contributed by atoms with Crippen molar-refractivity contribution in [1.82, 2.24) is 29.0 Å². The van der Waals surface area contributed by atoms with Crippen LogP contribution < -0.4 is 5.56 Å². The number of pyridine rings is 1. The van der Waals surface area contributed by atoms with Crippen LogP contribution in [-0.2, 0) is 13.1 Å². The van der Waals surface area contributed by atoms with Crippen molar-refractivity contribution < 1.29 is 0 Å². The fourth-order valence-corrected chi connectivity index (χ4v) is 3.65. The van der Waals surface area contributed by atoms with Gasteiger partial charge in [0.15, 0.2) is 0 Å². The van der Waals surface area contributed by atoms with E-state index in [2.05, 4.69) is 15.0 Å². The molecule has 3 aromatic heterocycles. The first-order chi connectivity index (χ1) is 12.2. The molecule has 0 saturated carbocycles. The Morgan fingerprint density at radius 2 is 2.28 bits per heavy atom. The van der Waals surface area contributed by atoms with Crippen LogP contribution in [0.15, 0.2) is 41.8 Å². The van der Waals surface area contributed by atoms with Crippen molar-refractivity contribution in [1.29, 1.82) is 0 Å². The lowest BCUT2D eigenvalue weighted by molar-refractivity contribution is 0.152. The molecule has 0 bridgehead atoms. The van der Waals surface area contributed by atoms with Gasteiger partial charge in [0.05, 0.1) is 5.69 Å². The summed E-state index contributed by atoms with van der Waals surface area (Å²) in [6, 6.07) is 5.53. The van der Waals surface area contributed by atoms with Gasteiger partial charge in [-0.15, -0.1) is 0 Å². The van der Waals surface area contributed by atoms with Crippen LogP contribution in [0.4, 0.5) is 0 Å². The molecular formula is C18H22N6O. The molecule has 4 heterocycles. The van der Waals surface area contributed by atoms with Gasteiger partial charge in [-0.2, -0.15) is 5.10 Å². The van der Waals surface area contributed by atoms with Gasteiger partial charge < -0.3 is 0 Å². The zero-order valence-electron chi connectivity index (χ0n) is 14.4. The van der Waals surface area contributed by atoms with Crippen LogP contribution in [0.3, 0.4) is 0 Å². The van der Waals surface area contributed by atoms with Gasteiger partial charge in [0.1, 0.15) is 18.3 Å². The largest absolute Gasteiger partial charge is 0.297 e. The highest BCUT2D eigenvalue weighted by Gasteiger charge is 2.21. The maximum Gasteiger partial charge on any atom is 0.258 e. The first-order valence-corrected chi connectivity index (χ1v) is 8.72. The van der Waals surface area contributed by atoms with Crippen molar-refractivity contribution >= 4 is 5.65 Å². The van der Waals surface area contributed by atoms with Crippen LogP contribution in [0.2, 0.25) is 0 Å². The first-order valence-electron chi connectivity index (χ1n) is 8.72. The molecule has 0 amide bonds. The minimum absolute atomic E-state index is 0.0140. The Morgan fingerprint density at radius 1 is 1.36 bits per heavy atom. The van der Waals surface area contributed by atoms with E-state index in [9.17, 15) is 4.79 Å². The van der Waals surface area contributed by atoms with Crippen LogP contribution in [0.1, 0.15) is 24.1 Å². The molecule has 0 spiro atoms. The summed E-state index contributed by atoms with van der Waals surface area (Å²) in [5.74, 6) is 0.554. The zero-order chi connectivity index (χ0) is 17.2. The van der Waals surface area contributed by atoms with Crippen molar-refractivity contribution in [3.63, 3.8) is 0 Å². The highest BCUT2D eigenvalue weighted by molar-refractivity contribution is 5.46. The van der Waals surface area contributed by atoms with Gasteiger partial charge in [-0.25, -0.2) is 9.97 Å². The molecule has 4 rings (SSSR count). The van der Waals surface area contributed by atoms with Crippen molar-refractivity contribution in [2.24, 2.45) is 5.92 Å². The first kappa shape index (κ1) is 16.0. The lowest BCUT2D eigenvalue weighted by Crippen LogP contribution is -2.37. The van der Waals surface area contributed by atoms with Crippen LogP contribution in [0, 0.1) is 12.8 Å². The molecule has 3 aromatic rings. The van der Waals surface area contributed by atoms with Crippen LogP contribution in [-0.4, -0.2) is 42.1 Å². The van der Waals surface area contributed by atoms with E-state index in [1.807, 2.05) is 23.7 Å². The Balaban J connectivity index is 1.50. The average Bonchev–Trinajstić information content (AvgIpc) is 3.09. The van der Waals surface area contributed by atoms with Gasteiger partial charge in [-0.3, -0.25) is 18.8 Å². The van der Waals surface area contributed by atoms with Crippen molar-refractivity contribution in [3.8, 4) is 0 Å². The quantitative estimate of drug-likeness (QED) is 0.721. The molecule has 1 saturated heterocycles. The fourth-order valence-electron chi connectivity index (χ4n) is 3.65. The van der Waals surface area contributed by atoms with E-state index < -0.39 is 0 Å². The Bertz CT molecular complexity index is 917. The molecule has 1 fully saturated rings. The number of likely N-dealkylation sites (tertiary alicyclic amines) is 1. The van der Waals surface area contributed by atoms with Crippen molar-refractivity contribution in [2.75, 3.05) is 13.1 Å². The van der Waals surface area contributed by atoms with E-state index >= 15 is 0 Å². The Kier molecular flexibility index (Phi) is 4.31. The number of fused-ring (bicyclic) bond motifs is 1. The summed E-state index contributed by atoms with van der Waals surface area (Å²) in [7, 11) is 0. The van der Waals surface area contributed by atoms with Gasteiger partial charge >= 0.3 is 0 Å². The third-order valence-corrected chi connectivity index (χ3v) is 4.84. The minimum atomic E-state index is -0.0140. The van der Waals surface area contributed by atoms with Crippen molar-refractivity contribution in [2.45, 2.75) is 32.9 Å². The molecular weight excluding hydrogens is 316 g/mol. The lowest BCUT2D eigenvalue weighted by Gasteiger charge is -2.32. The monoisotopic (exact) mass is 338 g/mol. The summed E-state index contributed by atoms with van der Waals surface area (Å²) >= 11 is 0. The second kappa shape index (κ2) is 6.76. The highest BCUT2D eigenvalue weighted by atomic mass is 16.1. The van der Waals surface area contributed by atoms with E-state index in [4.69, 9.17) is 4.98 Å². The molecule has 1 aliphatic rings. The average molecular weight is 338 g/mol. The van der Waals surface area contributed by atoms with Gasteiger partial charge in [-0.05, 0) is 43.9 Å². The standard InChI is InChI=1S/C18H22N6O/c1-14-4-2-7-24-17(25)8-16(21-18(14)24)11-22-6-3-5-15(9-22)10-23-13-19-12-20-23/h2,4,7-8,12-13,15H,3,5-6,9-11H2,1H3. The van der Waals surface area contributed by atoms with Gasteiger partial charge in [-0.1, -0.05) is 6.07 Å². The Morgan fingerprint density at radius 3 is 3.12 bits per heavy atom. The van der Waals surface area contributed by atoms with Crippen LogP contribution in [0.5, 0.6) is 0 Å². The molecule has 130 valence electrons. The maximum absolute atomic E-state index is 12.4. The molecule has 25 heavy (non-hydrogen) atoms. The molecule has 1 atom stereocenters. The lowest BCUT2D eigenvalue weighted by atomic mass is 9.98. The predicted octanol–water partition coefficient (Wildman–Crippen LogP) is 1.51. The van der Waals surface area contributed by atoms with Crippen LogP contribution in [0.25, 0.3) is 5.65 Å². The second-order valence-corrected chi connectivity index (χ2v) is 6.83. The number of aromatic nitrogens is 5. The zero-order valence-corrected chi connectivity index (χ0v) is 14.4.